The van der Waals surface area contributed by atoms with E-state index < -0.39 is 18.0 Å². The lowest BCUT2D eigenvalue weighted by Crippen LogP contribution is -2.52. The van der Waals surface area contributed by atoms with Crippen LogP contribution in [0.5, 0.6) is 0 Å². The topological polar surface area (TPSA) is 154 Å². The molecule has 0 spiro atoms. The third kappa shape index (κ3) is 8.82. The molecule has 5 heterocycles. The molecule has 2 fully saturated rings. The van der Waals surface area contributed by atoms with Crippen LogP contribution in [0.15, 0.2) is 53.5 Å². The third-order valence-corrected chi connectivity index (χ3v) is 12.0. The van der Waals surface area contributed by atoms with Gasteiger partial charge in [-0.3, -0.25) is 39.0 Å². The number of amides is 4. The summed E-state index contributed by atoms with van der Waals surface area (Å²) in [6.45, 7) is 11.3. The second-order valence-corrected chi connectivity index (χ2v) is 16.1. The molecule has 4 aromatic rings. The molecule has 2 aromatic heterocycles. The van der Waals surface area contributed by atoms with Crippen LogP contribution in [-0.2, 0) is 25.6 Å². The molecular weight excluding hydrogens is 738 g/mol. The summed E-state index contributed by atoms with van der Waals surface area (Å²) < 4.78 is 2.06. The lowest BCUT2D eigenvalue weighted by molar-refractivity contribution is -0.137. The van der Waals surface area contributed by atoms with Crippen LogP contribution < -0.4 is 20.9 Å². The first kappa shape index (κ1) is 38.4. The number of piperidine rings is 1. The van der Waals surface area contributed by atoms with Gasteiger partial charge in [0.2, 0.25) is 23.6 Å². The van der Waals surface area contributed by atoms with Crippen LogP contribution in [0.1, 0.15) is 76.9 Å². The number of unbranched alkanes of at least 4 members (excludes halogenated alkanes) is 1. The molecule has 0 radical (unpaired) electrons. The van der Waals surface area contributed by atoms with E-state index in [-0.39, 0.29) is 37.0 Å². The normalized spacial score (nSPS) is 18.5. The zero-order valence-electron chi connectivity index (χ0n) is 31.4. The van der Waals surface area contributed by atoms with Crippen molar-refractivity contribution < 1.29 is 19.2 Å². The minimum atomic E-state index is -0.675. The number of nitrogens with zero attached hydrogens (tertiary/aromatic N) is 6. The molecule has 55 heavy (non-hydrogen) atoms. The number of halogens is 1. The number of piperazine rings is 1. The molecule has 7 rings (SSSR count). The summed E-state index contributed by atoms with van der Waals surface area (Å²) >= 11 is 7.93. The van der Waals surface area contributed by atoms with Crippen LogP contribution in [0, 0.1) is 20.8 Å². The van der Waals surface area contributed by atoms with Gasteiger partial charge in [-0.1, -0.05) is 35.9 Å². The van der Waals surface area contributed by atoms with Crippen LogP contribution in [0.25, 0.3) is 5.00 Å². The fourth-order valence-corrected chi connectivity index (χ4v) is 8.76. The van der Waals surface area contributed by atoms with Crippen molar-refractivity contribution in [1.29, 1.82) is 0 Å². The van der Waals surface area contributed by atoms with Gasteiger partial charge in [0.15, 0.2) is 5.82 Å². The number of hydrogen-bond acceptors (Lipinski definition) is 10. The summed E-state index contributed by atoms with van der Waals surface area (Å²) in [4.78, 5) is 60.6. The highest BCUT2D eigenvalue weighted by Gasteiger charge is 2.33. The Morgan fingerprint density at radius 2 is 1.76 bits per heavy atom. The Labute approximate surface area is 329 Å². The van der Waals surface area contributed by atoms with Crippen molar-refractivity contribution in [1.82, 2.24) is 35.6 Å². The van der Waals surface area contributed by atoms with Crippen LogP contribution in [0.4, 0.5) is 5.69 Å². The maximum absolute atomic E-state index is 13.4. The van der Waals surface area contributed by atoms with Gasteiger partial charge in [0, 0.05) is 65.9 Å². The van der Waals surface area contributed by atoms with Crippen molar-refractivity contribution in [3.63, 3.8) is 0 Å². The average molecular weight is 784 g/mol. The van der Waals surface area contributed by atoms with Crippen LogP contribution in [-0.4, -0.2) is 94.3 Å². The van der Waals surface area contributed by atoms with Gasteiger partial charge in [0.1, 0.15) is 22.9 Å². The minimum Gasteiger partial charge on any atom is -0.369 e. The zero-order chi connectivity index (χ0) is 38.6. The molecule has 288 valence electrons. The number of aliphatic imine (C=N–C) groups is 1. The molecule has 15 heteroatoms. The molecule has 1 unspecified atom stereocenters. The Kier molecular flexibility index (Phi) is 11.7. The summed E-state index contributed by atoms with van der Waals surface area (Å²) in [5.41, 5.74) is 5.91. The molecule has 4 amide bonds. The Morgan fingerprint density at radius 1 is 0.982 bits per heavy atom. The van der Waals surface area contributed by atoms with Crippen LogP contribution in [0.2, 0.25) is 5.02 Å². The Balaban J connectivity index is 0.877. The van der Waals surface area contributed by atoms with Crippen molar-refractivity contribution in [2.75, 3.05) is 44.2 Å². The number of benzene rings is 2. The van der Waals surface area contributed by atoms with Crippen LogP contribution >= 0.6 is 22.9 Å². The number of fused-ring (bicyclic) bond motifs is 3. The second kappa shape index (κ2) is 16.8. The van der Waals surface area contributed by atoms with Gasteiger partial charge in [0.25, 0.3) is 0 Å². The number of thiophene rings is 1. The fraction of sp³-hybridized carbons (Fsp3) is 0.425. The minimum absolute atomic E-state index is 0.0705. The van der Waals surface area contributed by atoms with Crippen LogP contribution in [0.3, 0.4) is 0 Å². The predicted molar refractivity (Wildman–Crippen MR) is 213 cm³/mol. The van der Waals surface area contributed by atoms with Gasteiger partial charge < -0.3 is 15.5 Å². The van der Waals surface area contributed by atoms with Crippen molar-refractivity contribution in [3.05, 3.63) is 92.3 Å². The van der Waals surface area contributed by atoms with E-state index in [1.54, 1.807) is 11.3 Å². The largest absolute Gasteiger partial charge is 0.369 e. The van der Waals surface area contributed by atoms with E-state index in [0.29, 0.717) is 23.8 Å². The molecular formula is C40H46ClN9O4S. The van der Waals surface area contributed by atoms with E-state index in [9.17, 15) is 19.2 Å². The number of anilines is 1. The van der Waals surface area contributed by atoms with Gasteiger partial charge >= 0.3 is 0 Å². The van der Waals surface area contributed by atoms with Gasteiger partial charge in [-0.25, -0.2) is 0 Å². The van der Waals surface area contributed by atoms with E-state index in [1.165, 1.54) is 4.88 Å². The molecule has 3 N–H and O–H groups in total. The molecule has 0 bridgehead atoms. The number of hydrogen-bond donors (Lipinski definition) is 3. The number of rotatable bonds is 12. The summed E-state index contributed by atoms with van der Waals surface area (Å²) in [5, 5.41) is 18.7. The first-order chi connectivity index (χ1) is 26.5. The van der Waals surface area contributed by atoms with E-state index >= 15 is 0 Å². The van der Waals surface area contributed by atoms with E-state index in [1.807, 2.05) is 49.4 Å². The number of nitrogens with one attached hydrogen (secondary N) is 3. The fourth-order valence-electron chi connectivity index (χ4n) is 7.42. The van der Waals surface area contributed by atoms with Gasteiger partial charge in [-0.15, -0.1) is 21.5 Å². The Morgan fingerprint density at radius 3 is 2.53 bits per heavy atom. The molecule has 3 aliphatic rings. The molecule has 13 nitrogen and oxygen atoms in total. The van der Waals surface area contributed by atoms with Crippen molar-refractivity contribution in [3.8, 4) is 5.00 Å². The highest BCUT2D eigenvalue weighted by atomic mass is 35.5. The van der Waals surface area contributed by atoms with Gasteiger partial charge in [0.05, 0.1) is 18.6 Å². The van der Waals surface area contributed by atoms with Crippen molar-refractivity contribution in [2.45, 2.75) is 71.4 Å². The smallest absolute Gasteiger partial charge is 0.249 e. The number of aryl methyl sites for hydroxylation is 2. The summed E-state index contributed by atoms with van der Waals surface area (Å²) in [7, 11) is 0. The highest BCUT2D eigenvalue weighted by molar-refractivity contribution is 7.15. The quantitative estimate of drug-likeness (QED) is 0.142. The first-order valence-corrected chi connectivity index (χ1v) is 20.1. The predicted octanol–water partition coefficient (Wildman–Crippen LogP) is 4.37. The van der Waals surface area contributed by atoms with E-state index in [0.717, 1.165) is 90.0 Å². The monoisotopic (exact) mass is 783 g/mol. The SMILES string of the molecule is Cc1sc2c(c1C)C(c1ccc(Cl)cc1)=N[C@@H](CC(=O)NCCCCN1CCN(c3cccc(CC(=O)NC4CCC(=O)NC4=O)c3)CC1)c1nnc(C)n1-2. The Hall–Kier alpha value is -4.92. The molecule has 3 aliphatic heterocycles. The van der Waals surface area contributed by atoms with Crippen molar-refractivity contribution in [2.24, 2.45) is 4.99 Å². The standard InChI is InChI=1S/C40H46ClN9O4S/c1-24-25(2)55-40-36(24)37(28-9-11-29(41)12-10-28)44-32(38-47-46-26(3)50(38)40)23-34(52)42-15-4-5-16-48-17-19-49(20-18-48)30-8-6-7-27(21-30)22-35(53)43-31-13-14-33(51)45-39(31)54/h6-12,21,31-32H,4-5,13-20,22-23H2,1-3H3,(H,42,52)(H,43,53)(H,45,51,54)/t31?,32-/m0/s1. The first-order valence-electron chi connectivity index (χ1n) is 18.9. The molecule has 2 saturated heterocycles. The lowest BCUT2D eigenvalue weighted by atomic mass is 9.99. The third-order valence-electron chi connectivity index (χ3n) is 10.5. The summed E-state index contributed by atoms with van der Waals surface area (Å²) in [6, 6.07) is 14.5. The Bertz CT molecular complexity index is 2120. The number of imide groups is 1. The molecule has 0 aliphatic carbocycles. The second-order valence-electron chi connectivity index (χ2n) is 14.4. The maximum atomic E-state index is 13.4. The zero-order valence-corrected chi connectivity index (χ0v) is 32.9. The summed E-state index contributed by atoms with van der Waals surface area (Å²) in [6.07, 6.45) is 2.70. The van der Waals surface area contributed by atoms with E-state index in [4.69, 9.17) is 16.6 Å². The van der Waals surface area contributed by atoms with E-state index in [2.05, 4.69) is 60.4 Å². The van der Waals surface area contributed by atoms with Gasteiger partial charge in [-0.2, -0.15) is 0 Å². The highest BCUT2D eigenvalue weighted by Crippen LogP contribution is 2.39. The summed E-state index contributed by atoms with van der Waals surface area (Å²) in [5.74, 6) is 0.365. The molecule has 2 aromatic carbocycles. The molecule has 2 atom stereocenters. The maximum Gasteiger partial charge on any atom is 0.249 e. The van der Waals surface area contributed by atoms with Gasteiger partial charge in [-0.05, 0) is 82.0 Å². The lowest BCUT2D eigenvalue weighted by Gasteiger charge is -2.36. The molecule has 0 saturated carbocycles. The number of carbonyl (C=O) groups excluding carboxylic acids is 4. The number of carbonyl (C=O) groups is 4. The number of aromatic nitrogens is 3. The van der Waals surface area contributed by atoms with Crippen molar-refractivity contribution >= 4 is 58.0 Å². The average Bonchev–Trinajstić information content (AvgIpc) is 3.64.